The summed E-state index contributed by atoms with van der Waals surface area (Å²) in [6.07, 6.45) is 0.997. The maximum atomic E-state index is 11.9. The van der Waals surface area contributed by atoms with Gasteiger partial charge in [-0.05, 0) is 48.4 Å². The summed E-state index contributed by atoms with van der Waals surface area (Å²) < 4.78 is 0. The lowest BCUT2D eigenvalue weighted by molar-refractivity contribution is 0.0955. The molecule has 6 heteroatoms. The third kappa shape index (κ3) is 5.59. The molecule has 0 heterocycles. The van der Waals surface area contributed by atoms with Crippen molar-refractivity contribution in [2.24, 2.45) is 10.7 Å². The molecule has 4 N–H and O–H groups in total. The van der Waals surface area contributed by atoms with Crippen LogP contribution in [0.3, 0.4) is 0 Å². The van der Waals surface area contributed by atoms with Gasteiger partial charge in [-0.2, -0.15) is 0 Å². The van der Waals surface area contributed by atoms with Crippen LogP contribution in [-0.2, 0) is 6.42 Å². The second kappa shape index (κ2) is 8.93. The van der Waals surface area contributed by atoms with E-state index in [1.807, 2.05) is 24.3 Å². The molecule has 0 spiro atoms. The lowest BCUT2D eigenvalue weighted by Gasteiger charge is -2.07. The molecule has 0 aliphatic heterocycles. The van der Waals surface area contributed by atoms with Crippen molar-refractivity contribution in [3.05, 3.63) is 64.7 Å². The predicted octanol–water partition coefficient (Wildman–Crippen LogP) is 3.06. The first-order chi connectivity index (χ1) is 11.6. The van der Waals surface area contributed by atoms with Crippen LogP contribution < -0.4 is 16.4 Å². The zero-order valence-electron chi connectivity index (χ0n) is 13.6. The van der Waals surface area contributed by atoms with Gasteiger partial charge in [-0.15, -0.1) is 0 Å². The van der Waals surface area contributed by atoms with Gasteiger partial charge in [-0.25, -0.2) is 0 Å². The van der Waals surface area contributed by atoms with Gasteiger partial charge in [0.1, 0.15) is 0 Å². The molecule has 0 bridgehead atoms. The number of aliphatic imine (C=N–C) groups is 1. The van der Waals surface area contributed by atoms with Gasteiger partial charge in [0.15, 0.2) is 5.96 Å². The molecule has 5 nitrogen and oxygen atoms in total. The molecule has 2 aromatic carbocycles. The molecule has 126 valence electrons. The van der Waals surface area contributed by atoms with Gasteiger partial charge in [0.25, 0.3) is 5.91 Å². The van der Waals surface area contributed by atoms with Crippen molar-refractivity contribution < 1.29 is 4.79 Å². The Morgan fingerprint density at radius 1 is 1.12 bits per heavy atom. The molecule has 0 unspecified atom stereocenters. The minimum Gasteiger partial charge on any atom is -0.370 e. The van der Waals surface area contributed by atoms with Crippen LogP contribution in [0.4, 0.5) is 5.69 Å². The van der Waals surface area contributed by atoms with Crippen LogP contribution >= 0.6 is 11.6 Å². The third-order valence-corrected chi connectivity index (χ3v) is 3.67. The maximum Gasteiger partial charge on any atom is 0.251 e. The summed E-state index contributed by atoms with van der Waals surface area (Å²) in [5, 5.41) is 6.40. The normalized spacial score (nSPS) is 11.2. The number of amides is 1. The van der Waals surface area contributed by atoms with Crippen LogP contribution in [0.1, 0.15) is 22.8 Å². The molecule has 0 atom stereocenters. The number of carbonyl (C=O) groups is 1. The zero-order valence-corrected chi connectivity index (χ0v) is 14.3. The highest BCUT2D eigenvalue weighted by Crippen LogP contribution is 2.10. The highest BCUT2D eigenvalue weighted by Gasteiger charge is 2.03. The summed E-state index contributed by atoms with van der Waals surface area (Å²) in [6, 6.07) is 14.7. The summed E-state index contributed by atoms with van der Waals surface area (Å²) >= 11 is 5.79. The fraction of sp³-hybridized carbons (Fsp3) is 0.222. The summed E-state index contributed by atoms with van der Waals surface area (Å²) in [4.78, 5) is 16.1. The van der Waals surface area contributed by atoms with Crippen LogP contribution in [0.5, 0.6) is 0 Å². The van der Waals surface area contributed by atoms with Gasteiger partial charge >= 0.3 is 0 Å². The molecule has 0 aliphatic carbocycles. The molecular formula is C18H21ClN4O. The largest absolute Gasteiger partial charge is 0.370 e. The van der Waals surface area contributed by atoms with Crippen molar-refractivity contribution in [2.75, 3.05) is 18.4 Å². The minimum atomic E-state index is -0.163. The predicted molar refractivity (Wildman–Crippen MR) is 99.7 cm³/mol. The van der Waals surface area contributed by atoms with Gasteiger partial charge in [0.05, 0.1) is 6.54 Å². The highest BCUT2D eigenvalue weighted by atomic mass is 35.5. The number of nitrogens with zero attached hydrogens (tertiary/aromatic N) is 1. The fourth-order valence-electron chi connectivity index (χ4n) is 2.06. The second-order valence-corrected chi connectivity index (χ2v) is 5.64. The maximum absolute atomic E-state index is 11.9. The van der Waals surface area contributed by atoms with Crippen LogP contribution in [0, 0.1) is 0 Å². The van der Waals surface area contributed by atoms with Crippen molar-refractivity contribution in [3.8, 4) is 0 Å². The Bertz CT molecular complexity index is 696. The Balaban J connectivity index is 1.76. The van der Waals surface area contributed by atoms with E-state index in [-0.39, 0.29) is 5.91 Å². The smallest absolute Gasteiger partial charge is 0.251 e. The first-order valence-electron chi connectivity index (χ1n) is 7.78. The van der Waals surface area contributed by atoms with E-state index in [2.05, 4.69) is 22.5 Å². The lowest BCUT2D eigenvalue weighted by atomic mass is 10.1. The van der Waals surface area contributed by atoms with Crippen LogP contribution in [0.15, 0.2) is 53.5 Å². The van der Waals surface area contributed by atoms with E-state index in [9.17, 15) is 4.79 Å². The van der Waals surface area contributed by atoms with Crippen molar-refractivity contribution in [1.29, 1.82) is 0 Å². The number of guanidine groups is 1. The Morgan fingerprint density at radius 2 is 1.79 bits per heavy atom. The van der Waals surface area contributed by atoms with Crippen LogP contribution in [0.25, 0.3) is 0 Å². The number of halogens is 1. The zero-order chi connectivity index (χ0) is 17.4. The summed E-state index contributed by atoms with van der Waals surface area (Å²) in [5.74, 6) is 0.156. The van der Waals surface area contributed by atoms with E-state index in [1.165, 1.54) is 5.56 Å². The molecule has 2 aromatic rings. The summed E-state index contributed by atoms with van der Waals surface area (Å²) in [6.45, 7) is 2.90. The number of hydrogen-bond donors (Lipinski definition) is 3. The molecule has 0 saturated heterocycles. The number of nitrogens with two attached hydrogens (primary N) is 1. The lowest BCUT2D eigenvalue weighted by Crippen LogP contribution is -2.28. The molecular weight excluding hydrogens is 324 g/mol. The SMILES string of the molecule is CCc1ccc(NC(N)=NCCNC(=O)c2ccc(Cl)cc2)cc1. The average molecular weight is 345 g/mol. The van der Waals surface area contributed by atoms with Gasteiger partial charge < -0.3 is 16.4 Å². The van der Waals surface area contributed by atoms with E-state index >= 15 is 0 Å². The fourth-order valence-corrected chi connectivity index (χ4v) is 2.19. The Hall–Kier alpha value is -2.53. The number of benzene rings is 2. The Kier molecular flexibility index (Phi) is 6.63. The average Bonchev–Trinajstić information content (AvgIpc) is 2.60. The molecule has 0 saturated carbocycles. The first kappa shape index (κ1) is 17.8. The third-order valence-electron chi connectivity index (χ3n) is 3.42. The number of nitrogens with one attached hydrogen (secondary N) is 2. The molecule has 0 aliphatic rings. The number of rotatable bonds is 6. The minimum absolute atomic E-state index is 0.163. The van der Waals surface area contributed by atoms with E-state index < -0.39 is 0 Å². The molecule has 0 fully saturated rings. The van der Waals surface area contributed by atoms with E-state index in [1.54, 1.807) is 24.3 Å². The standard InChI is InChI=1S/C18H21ClN4O/c1-2-13-3-9-16(10-4-13)23-18(20)22-12-11-21-17(24)14-5-7-15(19)8-6-14/h3-10H,2,11-12H2,1H3,(H,21,24)(H3,20,22,23). The van der Waals surface area contributed by atoms with Crippen molar-refractivity contribution in [1.82, 2.24) is 5.32 Å². The molecule has 0 aromatic heterocycles. The van der Waals surface area contributed by atoms with Gasteiger partial charge in [-0.1, -0.05) is 30.7 Å². The van der Waals surface area contributed by atoms with Crippen molar-refractivity contribution in [2.45, 2.75) is 13.3 Å². The second-order valence-electron chi connectivity index (χ2n) is 5.21. The van der Waals surface area contributed by atoms with E-state index in [0.717, 1.165) is 12.1 Å². The first-order valence-corrected chi connectivity index (χ1v) is 8.16. The van der Waals surface area contributed by atoms with Gasteiger partial charge in [-0.3, -0.25) is 9.79 Å². The number of hydrogen-bond acceptors (Lipinski definition) is 2. The monoisotopic (exact) mass is 344 g/mol. The molecule has 1 amide bonds. The van der Waals surface area contributed by atoms with E-state index in [4.69, 9.17) is 17.3 Å². The summed E-state index contributed by atoms with van der Waals surface area (Å²) in [7, 11) is 0. The highest BCUT2D eigenvalue weighted by molar-refractivity contribution is 6.30. The van der Waals surface area contributed by atoms with Crippen LogP contribution in [-0.4, -0.2) is 25.0 Å². The van der Waals surface area contributed by atoms with E-state index in [0.29, 0.717) is 29.6 Å². The van der Waals surface area contributed by atoms with Crippen molar-refractivity contribution in [3.63, 3.8) is 0 Å². The van der Waals surface area contributed by atoms with Gasteiger partial charge in [0.2, 0.25) is 0 Å². The van der Waals surface area contributed by atoms with Gasteiger partial charge in [0, 0.05) is 22.8 Å². The number of carbonyl (C=O) groups excluding carboxylic acids is 1. The Morgan fingerprint density at radius 3 is 2.42 bits per heavy atom. The summed E-state index contributed by atoms with van der Waals surface area (Å²) in [5.41, 5.74) is 8.55. The number of aryl methyl sites for hydroxylation is 1. The van der Waals surface area contributed by atoms with Crippen LogP contribution in [0.2, 0.25) is 5.02 Å². The molecule has 2 rings (SSSR count). The molecule has 0 radical (unpaired) electrons. The quantitative estimate of drug-likeness (QED) is 0.428. The number of anilines is 1. The molecule has 24 heavy (non-hydrogen) atoms. The topological polar surface area (TPSA) is 79.5 Å². The Labute approximate surface area is 146 Å². The van der Waals surface area contributed by atoms with Crippen molar-refractivity contribution >= 4 is 29.2 Å².